The van der Waals surface area contributed by atoms with Crippen LogP contribution in [-0.4, -0.2) is 27.0 Å². The van der Waals surface area contributed by atoms with Gasteiger partial charge in [-0.25, -0.2) is 9.78 Å². The largest absolute Gasteiger partial charge is 0.476 e. The molecule has 5 nitrogen and oxygen atoms in total. The number of carboxylic acids is 1. The van der Waals surface area contributed by atoms with Gasteiger partial charge >= 0.3 is 5.97 Å². The van der Waals surface area contributed by atoms with Gasteiger partial charge in [0.2, 0.25) is 0 Å². The number of imidazole rings is 1. The number of carboxylic acid groups (broad SMARTS) is 1. The fourth-order valence-corrected chi connectivity index (χ4v) is 2.37. The normalized spacial score (nSPS) is 19.9. The first kappa shape index (κ1) is 10.3. The van der Waals surface area contributed by atoms with E-state index < -0.39 is 5.97 Å². The van der Waals surface area contributed by atoms with E-state index in [1.807, 2.05) is 22.7 Å². The monoisotopic (exact) mass is 231 g/mol. The average Bonchev–Trinajstić information content (AvgIpc) is 2.95. The molecule has 1 atom stereocenters. The van der Waals surface area contributed by atoms with E-state index in [0.29, 0.717) is 5.52 Å². The molecule has 3 rings (SSSR count). The highest BCUT2D eigenvalue weighted by Gasteiger charge is 2.24. The van der Waals surface area contributed by atoms with Gasteiger partial charge in [0.15, 0.2) is 5.69 Å². The molecule has 17 heavy (non-hydrogen) atoms. The van der Waals surface area contributed by atoms with Crippen molar-refractivity contribution >= 4 is 11.5 Å². The van der Waals surface area contributed by atoms with E-state index in [9.17, 15) is 4.79 Å². The summed E-state index contributed by atoms with van der Waals surface area (Å²) in [6.07, 6.45) is 3.98. The van der Waals surface area contributed by atoms with Crippen LogP contribution in [0.2, 0.25) is 0 Å². The molecule has 0 aromatic carbocycles. The van der Waals surface area contributed by atoms with E-state index in [2.05, 4.69) is 10.3 Å². The number of hydrogen-bond donors (Lipinski definition) is 2. The van der Waals surface area contributed by atoms with Gasteiger partial charge in [-0.3, -0.25) is 0 Å². The van der Waals surface area contributed by atoms with Gasteiger partial charge in [0, 0.05) is 6.20 Å². The number of carbonyl (C=O) groups is 1. The van der Waals surface area contributed by atoms with Gasteiger partial charge in [-0.1, -0.05) is 6.07 Å². The number of rotatable bonds is 2. The Kier molecular flexibility index (Phi) is 2.33. The minimum atomic E-state index is -0.974. The van der Waals surface area contributed by atoms with Crippen LogP contribution in [0.3, 0.4) is 0 Å². The van der Waals surface area contributed by atoms with Crippen molar-refractivity contribution in [3.63, 3.8) is 0 Å². The lowest BCUT2D eigenvalue weighted by Gasteiger charge is -2.08. The second kappa shape index (κ2) is 3.85. The van der Waals surface area contributed by atoms with Crippen LogP contribution in [0.15, 0.2) is 24.4 Å². The first-order chi connectivity index (χ1) is 8.27. The van der Waals surface area contributed by atoms with Crippen LogP contribution in [0.4, 0.5) is 0 Å². The Morgan fingerprint density at radius 1 is 1.53 bits per heavy atom. The number of nitrogens with one attached hydrogen (secondary N) is 1. The van der Waals surface area contributed by atoms with Crippen molar-refractivity contribution in [3.05, 3.63) is 35.9 Å². The van der Waals surface area contributed by atoms with Crippen LogP contribution < -0.4 is 5.32 Å². The van der Waals surface area contributed by atoms with Crippen LogP contribution in [0, 0.1) is 0 Å². The summed E-state index contributed by atoms with van der Waals surface area (Å²) in [7, 11) is 0. The predicted molar refractivity (Wildman–Crippen MR) is 62.1 cm³/mol. The minimum absolute atomic E-state index is 0.134. The third kappa shape index (κ3) is 1.59. The van der Waals surface area contributed by atoms with E-state index >= 15 is 0 Å². The summed E-state index contributed by atoms with van der Waals surface area (Å²) in [4.78, 5) is 15.4. The van der Waals surface area contributed by atoms with Crippen molar-refractivity contribution in [2.75, 3.05) is 6.54 Å². The predicted octanol–water partition coefficient (Wildman–Crippen LogP) is 1.46. The molecule has 0 radical (unpaired) electrons. The summed E-state index contributed by atoms with van der Waals surface area (Å²) in [5, 5.41) is 12.5. The van der Waals surface area contributed by atoms with Crippen molar-refractivity contribution < 1.29 is 9.90 Å². The number of pyridine rings is 1. The summed E-state index contributed by atoms with van der Waals surface area (Å²) in [5.74, 6) is -0.173. The fourth-order valence-electron chi connectivity index (χ4n) is 2.37. The SMILES string of the molecule is O=C(O)c1nc(C2CCCN2)n2ccccc12. The van der Waals surface area contributed by atoms with Crippen LogP contribution >= 0.6 is 0 Å². The van der Waals surface area contributed by atoms with E-state index in [4.69, 9.17) is 5.11 Å². The number of hydrogen-bond acceptors (Lipinski definition) is 3. The summed E-state index contributed by atoms with van der Waals surface area (Å²) >= 11 is 0. The summed E-state index contributed by atoms with van der Waals surface area (Å²) in [6.45, 7) is 0.967. The van der Waals surface area contributed by atoms with Gasteiger partial charge in [0.05, 0.1) is 11.6 Å². The molecule has 1 unspecified atom stereocenters. The Morgan fingerprint density at radius 3 is 3.12 bits per heavy atom. The van der Waals surface area contributed by atoms with Crippen molar-refractivity contribution in [2.24, 2.45) is 0 Å². The topological polar surface area (TPSA) is 66.6 Å². The molecule has 0 aliphatic carbocycles. The Hall–Kier alpha value is -1.88. The van der Waals surface area contributed by atoms with E-state index in [0.717, 1.165) is 25.2 Å². The molecule has 1 aliphatic heterocycles. The summed E-state index contributed by atoms with van der Waals surface area (Å²) in [5.41, 5.74) is 0.790. The third-order valence-electron chi connectivity index (χ3n) is 3.15. The maximum absolute atomic E-state index is 11.1. The van der Waals surface area contributed by atoms with Crippen LogP contribution in [0.1, 0.15) is 35.2 Å². The maximum Gasteiger partial charge on any atom is 0.356 e. The van der Waals surface area contributed by atoms with Gasteiger partial charge < -0.3 is 14.8 Å². The van der Waals surface area contributed by atoms with Crippen molar-refractivity contribution in [1.29, 1.82) is 0 Å². The molecule has 0 amide bonds. The van der Waals surface area contributed by atoms with Crippen LogP contribution in [-0.2, 0) is 0 Å². The number of aromatic nitrogens is 2. The zero-order chi connectivity index (χ0) is 11.8. The average molecular weight is 231 g/mol. The highest BCUT2D eigenvalue weighted by Crippen LogP contribution is 2.24. The highest BCUT2D eigenvalue weighted by molar-refractivity contribution is 5.93. The number of aromatic carboxylic acids is 1. The van der Waals surface area contributed by atoms with E-state index in [-0.39, 0.29) is 11.7 Å². The number of fused-ring (bicyclic) bond motifs is 1. The molecular weight excluding hydrogens is 218 g/mol. The van der Waals surface area contributed by atoms with Gasteiger partial charge in [-0.05, 0) is 31.5 Å². The van der Waals surface area contributed by atoms with E-state index in [1.165, 1.54) is 0 Å². The summed E-state index contributed by atoms with van der Waals surface area (Å²) < 4.78 is 1.87. The molecule has 5 heteroatoms. The van der Waals surface area contributed by atoms with Gasteiger partial charge in [0.25, 0.3) is 0 Å². The summed E-state index contributed by atoms with van der Waals surface area (Å²) in [6, 6.07) is 5.67. The van der Waals surface area contributed by atoms with Gasteiger partial charge in [-0.2, -0.15) is 0 Å². The highest BCUT2D eigenvalue weighted by atomic mass is 16.4. The van der Waals surface area contributed by atoms with Gasteiger partial charge in [-0.15, -0.1) is 0 Å². The van der Waals surface area contributed by atoms with Crippen molar-refractivity contribution in [1.82, 2.24) is 14.7 Å². The smallest absolute Gasteiger partial charge is 0.356 e. The lowest BCUT2D eigenvalue weighted by molar-refractivity contribution is 0.0693. The standard InChI is InChI=1S/C12H13N3O2/c16-12(17)10-9-5-1-2-7-15(9)11(14-10)8-4-3-6-13-8/h1-2,5,7-8,13H,3-4,6H2,(H,16,17). The maximum atomic E-state index is 11.1. The molecule has 1 saturated heterocycles. The Bertz CT molecular complexity index is 570. The second-order valence-electron chi connectivity index (χ2n) is 4.23. The molecule has 2 N–H and O–H groups in total. The molecule has 0 spiro atoms. The molecule has 2 aromatic rings. The van der Waals surface area contributed by atoms with Gasteiger partial charge in [0.1, 0.15) is 5.82 Å². The Morgan fingerprint density at radius 2 is 2.41 bits per heavy atom. The molecule has 2 aromatic heterocycles. The third-order valence-corrected chi connectivity index (χ3v) is 3.15. The molecule has 3 heterocycles. The molecule has 88 valence electrons. The fraction of sp³-hybridized carbons (Fsp3) is 0.333. The first-order valence-electron chi connectivity index (χ1n) is 5.71. The zero-order valence-corrected chi connectivity index (χ0v) is 9.26. The Labute approximate surface area is 98.1 Å². The number of nitrogens with zero attached hydrogens (tertiary/aromatic N) is 2. The van der Waals surface area contributed by atoms with E-state index in [1.54, 1.807) is 6.07 Å². The molecule has 1 fully saturated rings. The lowest BCUT2D eigenvalue weighted by atomic mass is 10.2. The van der Waals surface area contributed by atoms with Crippen molar-refractivity contribution in [2.45, 2.75) is 18.9 Å². The Balaban J connectivity index is 2.20. The zero-order valence-electron chi connectivity index (χ0n) is 9.26. The molecular formula is C12H13N3O2. The minimum Gasteiger partial charge on any atom is -0.476 e. The van der Waals surface area contributed by atoms with Crippen LogP contribution in [0.25, 0.3) is 5.52 Å². The molecule has 0 bridgehead atoms. The second-order valence-corrected chi connectivity index (χ2v) is 4.23. The molecule has 0 saturated carbocycles. The van der Waals surface area contributed by atoms with Crippen LogP contribution in [0.5, 0.6) is 0 Å². The van der Waals surface area contributed by atoms with Crippen molar-refractivity contribution in [3.8, 4) is 0 Å². The lowest BCUT2D eigenvalue weighted by Crippen LogP contribution is -2.15. The first-order valence-corrected chi connectivity index (χ1v) is 5.71. The quantitative estimate of drug-likeness (QED) is 0.821. The molecule has 1 aliphatic rings.